The van der Waals surface area contributed by atoms with E-state index >= 15 is 0 Å². The van der Waals surface area contributed by atoms with Gasteiger partial charge < -0.3 is 50.7 Å². The predicted molar refractivity (Wildman–Crippen MR) is 136 cm³/mol. The van der Waals surface area contributed by atoms with Crippen LogP contribution in [-0.2, 0) is 15.9 Å². The molecule has 0 bridgehead atoms. The van der Waals surface area contributed by atoms with Crippen molar-refractivity contribution < 1.29 is 54.5 Å². The molecule has 13 nitrogen and oxygen atoms in total. The lowest BCUT2D eigenvalue weighted by Gasteiger charge is -2.42. The number of fused-ring (bicyclic) bond motifs is 3. The number of ether oxygens (including phenoxy) is 3. The highest BCUT2D eigenvalue weighted by atomic mass is 16.7. The number of benzene rings is 2. The van der Waals surface area contributed by atoms with E-state index < -0.39 is 95.6 Å². The number of hydrogen-bond acceptors (Lipinski definition) is 13. The van der Waals surface area contributed by atoms with Crippen molar-refractivity contribution in [2.45, 2.75) is 62.4 Å². The van der Waals surface area contributed by atoms with Crippen molar-refractivity contribution in [1.82, 2.24) is 0 Å². The lowest BCUT2D eigenvalue weighted by molar-refractivity contribution is -0.245. The fourth-order valence-corrected chi connectivity index (χ4v) is 5.88. The van der Waals surface area contributed by atoms with Gasteiger partial charge in [-0.1, -0.05) is 17.3 Å². The van der Waals surface area contributed by atoms with E-state index in [1.165, 1.54) is 25.3 Å². The number of carbonyl (C=O) groups is 2. The van der Waals surface area contributed by atoms with Crippen LogP contribution in [0.15, 0.2) is 23.4 Å². The maximum absolute atomic E-state index is 13.7. The Labute approximate surface area is 228 Å². The second-order valence-corrected chi connectivity index (χ2v) is 10.3. The molecule has 3 aliphatic rings. The number of phenolic OH excluding ortho intramolecular Hbond substituents is 2. The van der Waals surface area contributed by atoms with Crippen molar-refractivity contribution >= 4 is 17.3 Å². The molecule has 1 fully saturated rings. The van der Waals surface area contributed by atoms with Crippen LogP contribution in [0.3, 0.4) is 0 Å². The van der Waals surface area contributed by atoms with Gasteiger partial charge >= 0.3 is 0 Å². The normalized spacial score (nSPS) is 29.9. The monoisotopic (exact) mass is 558 g/mol. The molecule has 1 heterocycles. The lowest BCUT2D eigenvalue weighted by atomic mass is 9.71. The van der Waals surface area contributed by atoms with E-state index in [0.717, 1.165) is 0 Å². The first-order valence-corrected chi connectivity index (χ1v) is 12.6. The summed E-state index contributed by atoms with van der Waals surface area (Å²) in [5, 5.41) is 66.9. The average Bonchev–Trinajstić information content (AvgIpc) is 2.92. The summed E-state index contributed by atoms with van der Waals surface area (Å²) in [5.74, 6) is -2.75. The van der Waals surface area contributed by atoms with Gasteiger partial charge in [0.25, 0.3) is 0 Å². The third kappa shape index (κ3) is 4.13. The summed E-state index contributed by atoms with van der Waals surface area (Å²) in [6.45, 7) is 0.730. The Hall–Kier alpha value is -3.59. The zero-order chi connectivity index (χ0) is 29.1. The van der Waals surface area contributed by atoms with Gasteiger partial charge in [-0.15, -0.1) is 0 Å². The number of aliphatic hydroxyl groups is 3. The predicted octanol–water partition coefficient (Wildman–Crippen LogP) is 0.262. The number of hydrogen-bond donors (Lipinski definition) is 7. The number of aromatic hydroxyl groups is 2. The van der Waals surface area contributed by atoms with Crippen LogP contribution in [0.1, 0.15) is 68.8 Å². The number of rotatable bonds is 5. The van der Waals surface area contributed by atoms with Gasteiger partial charge in [0, 0.05) is 42.0 Å². The van der Waals surface area contributed by atoms with Crippen molar-refractivity contribution in [1.29, 1.82) is 0 Å². The smallest absolute Gasteiger partial charge is 0.202 e. The lowest BCUT2D eigenvalue weighted by Crippen LogP contribution is -2.53. The highest BCUT2D eigenvalue weighted by molar-refractivity contribution is 6.31. The topological polar surface area (TPSA) is 222 Å². The minimum Gasteiger partial charge on any atom is -0.507 e. The van der Waals surface area contributed by atoms with Gasteiger partial charge in [-0.3, -0.25) is 9.59 Å². The fourth-order valence-electron chi connectivity index (χ4n) is 5.88. The van der Waals surface area contributed by atoms with E-state index in [9.17, 15) is 40.3 Å². The van der Waals surface area contributed by atoms with E-state index in [-0.39, 0.29) is 34.4 Å². The SMILES string of the molecule is COc1cccc2c1C(=O)c1c(O)c3c(c(O)c1C2=O)C[C@@](O)(/C(CO)=N\O)C[C@@H]3O[C@H]1C[C@H](N)[C@H](O)[C@H](C)O1. The van der Waals surface area contributed by atoms with Crippen LogP contribution in [0.4, 0.5) is 0 Å². The summed E-state index contributed by atoms with van der Waals surface area (Å²) in [4.78, 5) is 27.2. The third-order valence-corrected chi connectivity index (χ3v) is 7.95. The van der Waals surface area contributed by atoms with Gasteiger partial charge in [0.2, 0.25) is 5.78 Å². The molecule has 0 radical (unpaired) electrons. The van der Waals surface area contributed by atoms with Crippen molar-refractivity contribution in [3.8, 4) is 17.2 Å². The standard InChI is InChI=1S/C27H30N2O11/c1-10-22(31)13(28)6-17(39-10)40-15-8-27(36,16(9-30)29-37)7-12-19(15)26(35)21-20(24(12)33)23(32)11-4-3-5-14(38-2)18(11)25(21)34/h3-5,10,13,15,17,22,30-31,33,35-37H,6-9,28H2,1-2H3/b29-16-/t10-,13-,15-,17-,22+,27-/m0/s1. The number of aliphatic hydroxyl groups excluding tert-OH is 2. The number of methoxy groups -OCH3 is 1. The van der Waals surface area contributed by atoms with Crippen LogP contribution in [0.2, 0.25) is 0 Å². The van der Waals surface area contributed by atoms with Crippen molar-refractivity contribution in [3.05, 3.63) is 51.6 Å². The molecule has 214 valence electrons. The Morgan fingerprint density at radius 1 is 1.18 bits per heavy atom. The summed E-state index contributed by atoms with van der Waals surface area (Å²) in [7, 11) is 1.33. The van der Waals surface area contributed by atoms with E-state index in [2.05, 4.69) is 5.16 Å². The van der Waals surface area contributed by atoms with E-state index in [1.807, 2.05) is 0 Å². The maximum atomic E-state index is 13.7. The zero-order valence-electron chi connectivity index (χ0n) is 21.7. The molecule has 0 unspecified atom stereocenters. The molecule has 13 heteroatoms. The number of ketones is 2. The molecular formula is C27H30N2O11. The second kappa shape index (κ2) is 10.1. The Morgan fingerprint density at radius 3 is 2.50 bits per heavy atom. The van der Waals surface area contributed by atoms with Crippen LogP contribution >= 0.6 is 0 Å². The number of nitrogens with two attached hydrogens (primary N) is 1. The summed E-state index contributed by atoms with van der Waals surface area (Å²) < 4.78 is 17.1. The quantitative estimate of drug-likeness (QED) is 0.0970. The van der Waals surface area contributed by atoms with Crippen LogP contribution in [-0.4, -0.2) is 91.9 Å². The molecular weight excluding hydrogens is 528 g/mol. The molecule has 6 atom stereocenters. The summed E-state index contributed by atoms with van der Waals surface area (Å²) in [6.07, 6.45) is -4.93. The number of oxime groups is 1. The Kier molecular flexibility index (Phi) is 7.06. The van der Waals surface area contributed by atoms with Gasteiger partial charge in [0.15, 0.2) is 12.1 Å². The molecule has 5 rings (SSSR count). The fraction of sp³-hybridized carbons (Fsp3) is 0.444. The highest BCUT2D eigenvalue weighted by Crippen LogP contribution is 2.52. The summed E-state index contributed by atoms with van der Waals surface area (Å²) >= 11 is 0. The van der Waals surface area contributed by atoms with Crippen molar-refractivity contribution in [3.63, 3.8) is 0 Å². The minimum atomic E-state index is -2.09. The molecule has 8 N–H and O–H groups in total. The summed E-state index contributed by atoms with van der Waals surface area (Å²) in [5.41, 5.74) is 2.19. The molecule has 40 heavy (non-hydrogen) atoms. The van der Waals surface area contributed by atoms with Crippen LogP contribution < -0.4 is 10.5 Å². The molecule has 0 spiro atoms. The molecule has 0 saturated carbocycles. The molecule has 2 aromatic carbocycles. The molecule has 2 aliphatic carbocycles. The van der Waals surface area contributed by atoms with E-state index in [1.54, 1.807) is 6.92 Å². The van der Waals surface area contributed by atoms with Crippen molar-refractivity contribution in [2.75, 3.05) is 13.7 Å². The molecule has 2 aromatic rings. The van der Waals surface area contributed by atoms with Crippen LogP contribution in [0.25, 0.3) is 0 Å². The molecule has 0 amide bonds. The highest BCUT2D eigenvalue weighted by Gasteiger charge is 2.49. The zero-order valence-corrected chi connectivity index (χ0v) is 21.7. The number of phenols is 2. The first-order valence-electron chi connectivity index (χ1n) is 12.6. The third-order valence-electron chi connectivity index (χ3n) is 7.95. The summed E-state index contributed by atoms with van der Waals surface area (Å²) in [6, 6.07) is 3.65. The number of carbonyl (C=O) groups excluding carboxylic acids is 2. The van der Waals surface area contributed by atoms with Gasteiger partial charge in [0.05, 0.1) is 48.7 Å². The van der Waals surface area contributed by atoms with Gasteiger partial charge in [-0.2, -0.15) is 0 Å². The minimum absolute atomic E-state index is 0.0242. The molecule has 1 aliphatic heterocycles. The Morgan fingerprint density at radius 2 is 1.88 bits per heavy atom. The Bertz CT molecular complexity index is 1410. The first kappa shape index (κ1) is 28.0. The molecule has 1 saturated heterocycles. The van der Waals surface area contributed by atoms with Crippen LogP contribution in [0, 0.1) is 0 Å². The Balaban J connectivity index is 1.70. The van der Waals surface area contributed by atoms with E-state index in [0.29, 0.717) is 0 Å². The molecule has 0 aromatic heterocycles. The van der Waals surface area contributed by atoms with Gasteiger partial charge in [-0.25, -0.2) is 0 Å². The largest absolute Gasteiger partial charge is 0.507 e. The number of nitrogens with zero attached hydrogens (tertiary/aromatic N) is 1. The van der Waals surface area contributed by atoms with Crippen molar-refractivity contribution in [2.24, 2.45) is 10.9 Å². The van der Waals surface area contributed by atoms with Gasteiger partial charge in [0.1, 0.15) is 28.6 Å². The van der Waals surface area contributed by atoms with Gasteiger partial charge in [-0.05, 0) is 13.0 Å². The maximum Gasteiger partial charge on any atom is 0.202 e. The van der Waals surface area contributed by atoms with E-state index in [4.69, 9.17) is 19.9 Å². The second-order valence-electron chi connectivity index (χ2n) is 10.3. The van der Waals surface area contributed by atoms with Crippen LogP contribution in [0.5, 0.6) is 17.2 Å². The first-order chi connectivity index (χ1) is 19.0. The average molecular weight is 559 g/mol.